The van der Waals surface area contributed by atoms with Gasteiger partial charge in [0.2, 0.25) is 0 Å². The summed E-state index contributed by atoms with van der Waals surface area (Å²) in [6.45, 7) is 12.0. The molecule has 0 amide bonds. The van der Waals surface area contributed by atoms with Crippen LogP contribution in [0, 0.1) is 11.3 Å². The Morgan fingerprint density at radius 2 is 1.82 bits per heavy atom. The molecular formula is C10H19N. The van der Waals surface area contributed by atoms with Gasteiger partial charge >= 0.3 is 0 Å². The van der Waals surface area contributed by atoms with E-state index in [9.17, 15) is 0 Å². The van der Waals surface area contributed by atoms with Gasteiger partial charge in [-0.1, -0.05) is 45.9 Å². The van der Waals surface area contributed by atoms with Crippen molar-refractivity contribution < 1.29 is 0 Å². The van der Waals surface area contributed by atoms with E-state index in [4.69, 9.17) is 5.41 Å². The molecule has 0 aliphatic rings. The highest BCUT2D eigenvalue weighted by Gasteiger charge is 1.91. The molecule has 1 heteroatoms. The molecule has 0 bridgehead atoms. The van der Waals surface area contributed by atoms with Crippen molar-refractivity contribution in [3.05, 3.63) is 24.3 Å². The maximum atomic E-state index is 6.68. The quantitative estimate of drug-likeness (QED) is 0.474. The first-order valence-corrected chi connectivity index (χ1v) is 4.04. The van der Waals surface area contributed by atoms with Crippen molar-refractivity contribution in [3.8, 4) is 0 Å². The highest BCUT2D eigenvalue weighted by atomic mass is 14.3. The SMILES string of the molecule is C=C(/C=C\C=N)C(C)C.CC. The monoisotopic (exact) mass is 153 g/mol. The number of hydrogen-bond acceptors (Lipinski definition) is 1. The van der Waals surface area contributed by atoms with Crippen LogP contribution in [0.4, 0.5) is 0 Å². The zero-order valence-corrected chi connectivity index (χ0v) is 8.02. The summed E-state index contributed by atoms with van der Waals surface area (Å²) in [5.74, 6) is 0.487. The molecule has 11 heavy (non-hydrogen) atoms. The van der Waals surface area contributed by atoms with Gasteiger partial charge in [0.25, 0.3) is 0 Å². The molecule has 0 aromatic rings. The minimum Gasteiger partial charge on any atom is -0.309 e. The fraction of sp³-hybridized carbons (Fsp3) is 0.500. The molecule has 0 fully saturated rings. The summed E-state index contributed by atoms with van der Waals surface area (Å²) in [5.41, 5.74) is 1.07. The third kappa shape index (κ3) is 9.15. The average molecular weight is 153 g/mol. The fourth-order valence-corrected chi connectivity index (χ4v) is 0.364. The van der Waals surface area contributed by atoms with Gasteiger partial charge in [0.05, 0.1) is 0 Å². The summed E-state index contributed by atoms with van der Waals surface area (Å²) in [4.78, 5) is 0. The minimum atomic E-state index is 0.487. The molecule has 0 saturated carbocycles. The smallest absolute Gasteiger partial charge is 0.0177 e. The van der Waals surface area contributed by atoms with Crippen LogP contribution in [0.3, 0.4) is 0 Å². The van der Waals surface area contributed by atoms with Crippen LogP contribution in [0.2, 0.25) is 0 Å². The minimum absolute atomic E-state index is 0.487. The number of nitrogens with one attached hydrogen (secondary N) is 1. The van der Waals surface area contributed by atoms with Gasteiger partial charge in [0, 0.05) is 6.21 Å². The Balaban J connectivity index is 0. The molecule has 0 atom stereocenters. The summed E-state index contributed by atoms with van der Waals surface area (Å²) in [5, 5.41) is 6.68. The van der Waals surface area contributed by atoms with Gasteiger partial charge in [0.1, 0.15) is 0 Å². The number of hydrogen-bond donors (Lipinski definition) is 1. The van der Waals surface area contributed by atoms with Gasteiger partial charge in [0.15, 0.2) is 0 Å². The first-order valence-electron chi connectivity index (χ1n) is 4.04. The van der Waals surface area contributed by atoms with Crippen LogP contribution in [0.25, 0.3) is 0 Å². The molecule has 1 N–H and O–H groups in total. The van der Waals surface area contributed by atoms with E-state index in [1.54, 1.807) is 6.08 Å². The van der Waals surface area contributed by atoms with Crippen molar-refractivity contribution in [2.75, 3.05) is 0 Å². The Morgan fingerprint density at radius 1 is 1.36 bits per heavy atom. The molecule has 0 aromatic heterocycles. The first kappa shape index (κ1) is 12.8. The first-order chi connectivity index (χ1) is 5.18. The van der Waals surface area contributed by atoms with E-state index in [2.05, 4.69) is 20.4 Å². The molecule has 0 unspecified atom stereocenters. The van der Waals surface area contributed by atoms with E-state index in [1.165, 1.54) is 6.21 Å². The summed E-state index contributed by atoms with van der Waals surface area (Å²) in [6.07, 6.45) is 4.80. The topological polar surface area (TPSA) is 23.9 Å². The van der Waals surface area contributed by atoms with Crippen LogP contribution in [0.1, 0.15) is 27.7 Å². The second kappa shape index (κ2) is 9.15. The Kier molecular flexibility index (Phi) is 10.6. The lowest BCUT2D eigenvalue weighted by Gasteiger charge is -2.00. The van der Waals surface area contributed by atoms with Gasteiger partial charge < -0.3 is 5.41 Å². The van der Waals surface area contributed by atoms with Crippen LogP contribution in [0.15, 0.2) is 24.3 Å². The van der Waals surface area contributed by atoms with Gasteiger partial charge in [-0.05, 0) is 12.0 Å². The standard InChI is InChI=1S/C8H13N.C2H6/c1-7(2)8(3)5-4-6-9;1-2/h4-7,9H,3H2,1-2H3;1-2H3/b5-4-,9-6?;. The third-order valence-electron chi connectivity index (χ3n) is 1.15. The predicted octanol–water partition coefficient (Wildman–Crippen LogP) is 3.43. The highest BCUT2D eigenvalue weighted by molar-refractivity contribution is 5.68. The lowest BCUT2D eigenvalue weighted by molar-refractivity contribution is 0.795. The number of allylic oxidation sites excluding steroid dienone is 3. The van der Waals surface area contributed by atoms with Crippen LogP contribution in [0.5, 0.6) is 0 Å². The molecule has 1 nitrogen and oxygen atoms in total. The summed E-state index contributed by atoms with van der Waals surface area (Å²) in [6, 6.07) is 0. The lowest BCUT2D eigenvalue weighted by Crippen LogP contribution is -1.86. The van der Waals surface area contributed by atoms with E-state index in [0.29, 0.717) is 5.92 Å². The summed E-state index contributed by atoms with van der Waals surface area (Å²) < 4.78 is 0. The van der Waals surface area contributed by atoms with Crippen LogP contribution < -0.4 is 0 Å². The second-order valence-corrected chi connectivity index (χ2v) is 2.26. The zero-order valence-electron chi connectivity index (χ0n) is 8.02. The van der Waals surface area contributed by atoms with Gasteiger partial charge in [-0.25, -0.2) is 0 Å². The Labute approximate surface area is 70.3 Å². The average Bonchev–Trinajstić information content (AvgIpc) is 2.03. The molecule has 0 aromatic carbocycles. The highest BCUT2D eigenvalue weighted by Crippen LogP contribution is 2.06. The molecule has 0 aliphatic carbocycles. The molecule has 0 radical (unpaired) electrons. The van der Waals surface area contributed by atoms with Crippen molar-refractivity contribution in [1.29, 1.82) is 5.41 Å². The third-order valence-corrected chi connectivity index (χ3v) is 1.15. The second-order valence-electron chi connectivity index (χ2n) is 2.26. The van der Waals surface area contributed by atoms with E-state index in [0.717, 1.165) is 5.57 Å². The number of rotatable bonds is 3. The zero-order chi connectivity index (χ0) is 9.28. The summed E-state index contributed by atoms with van der Waals surface area (Å²) >= 11 is 0. The van der Waals surface area contributed by atoms with Gasteiger partial charge in [-0.3, -0.25) is 0 Å². The fourth-order valence-electron chi connectivity index (χ4n) is 0.364. The normalized spacial score (nSPS) is 9.18. The maximum absolute atomic E-state index is 6.68. The van der Waals surface area contributed by atoms with Gasteiger partial charge in [-0.15, -0.1) is 0 Å². The predicted molar refractivity (Wildman–Crippen MR) is 53.2 cm³/mol. The molecular weight excluding hydrogens is 134 g/mol. The Hall–Kier alpha value is -0.850. The van der Waals surface area contributed by atoms with Crippen LogP contribution in [-0.4, -0.2) is 6.21 Å². The van der Waals surface area contributed by atoms with E-state index >= 15 is 0 Å². The van der Waals surface area contributed by atoms with Gasteiger partial charge in [-0.2, -0.15) is 0 Å². The molecule has 0 saturated heterocycles. The van der Waals surface area contributed by atoms with E-state index in [1.807, 2.05) is 19.9 Å². The maximum Gasteiger partial charge on any atom is 0.0177 e. The van der Waals surface area contributed by atoms with Crippen LogP contribution >= 0.6 is 0 Å². The van der Waals surface area contributed by atoms with Crippen molar-refractivity contribution in [3.63, 3.8) is 0 Å². The van der Waals surface area contributed by atoms with Crippen molar-refractivity contribution in [2.24, 2.45) is 5.92 Å². The van der Waals surface area contributed by atoms with Crippen molar-refractivity contribution in [1.82, 2.24) is 0 Å². The van der Waals surface area contributed by atoms with Crippen LogP contribution in [-0.2, 0) is 0 Å². The molecule has 0 rings (SSSR count). The van der Waals surface area contributed by atoms with Crippen molar-refractivity contribution >= 4 is 6.21 Å². The van der Waals surface area contributed by atoms with E-state index in [-0.39, 0.29) is 0 Å². The van der Waals surface area contributed by atoms with Crippen molar-refractivity contribution in [2.45, 2.75) is 27.7 Å². The largest absolute Gasteiger partial charge is 0.309 e. The molecule has 0 spiro atoms. The molecule has 0 heterocycles. The molecule has 64 valence electrons. The molecule has 0 aliphatic heterocycles. The Bertz CT molecular complexity index is 132. The Morgan fingerprint density at radius 3 is 2.09 bits per heavy atom. The lowest BCUT2D eigenvalue weighted by atomic mass is 10.1. The summed E-state index contributed by atoms with van der Waals surface area (Å²) in [7, 11) is 0. The van der Waals surface area contributed by atoms with E-state index < -0.39 is 0 Å².